The van der Waals surface area contributed by atoms with Crippen molar-refractivity contribution in [1.29, 1.82) is 0 Å². The van der Waals surface area contributed by atoms with Gasteiger partial charge in [0.15, 0.2) is 0 Å². The van der Waals surface area contributed by atoms with Gasteiger partial charge >= 0.3 is 0 Å². The van der Waals surface area contributed by atoms with E-state index in [1.165, 1.54) is 6.07 Å². The number of halogens is 1. The minimum atomic E-state index is -0.167. The molecule has 16 heavy (non-hydrogen) atoms. The van der Waals surface area contributed by atoms with Crippen molar-refractivity contribution in [3.63, 3.8) is 0 Å². The van der Waals surface area contributed by atoms with E-state index in [-0.39, 0.29) is 23.7 Å². The number of phenols is 1. The number of nitrogens with one attached hydrogen (secondary N) is 1. The lowest BCUT2D eigenvalue weighted by Gasteiger charge is -2.32. The molecule has 4 N–H and O–H groups in total. The van der Waals surface area contributed by atoms with Gasteiger partial charge in [0.1, 0.15) is 5.75 Å². The molecule has 1 aliphatic rings. The number of rotatable bonds is 2. The summed E-state index contributed by atoms with van der Waals surface area (Å²) in [5.74, 6) is -0.0994. The third kappa shape index (κ3) is 2.36. The maximum atomic E-state index is 11.7. The van der Waals surface area contributed by atoms with E-state index in [4.69, 9.17) is 5.73 Å². The highest BCUT2D eigenvalue weighted by molar-refractivity contribution is 9.10. The molecule has 0 unspecified atom stereocenters. The summed E-state index contributed by atoms with van der Waals surface area (Å²) in [5, 5.41) is 12.3. The molecule has 5 heteroatoms. The van der Waals surface area contributed by atoms with Crippen LogP contribution in [-0.4, -0.2) is 23.1 Å². The lowest BCUT2D eigenvalue weighted by molar-refractivity contribution is 0.0910. The minimum Gasteiger partial charge on any atom is -0.507 e. The molecule has 0 spiro atoms. The quantitative estimate of drug-likeness (QED) is 0.768. The number of phenolic OH excluding ortho intramolecular Hbond substituents is 1. The molecule has 0 aromatic heterocycles. The molecule has 86 valence electrons. The molecule has 0 heterocycles. The van der Waals surface area contributed by atoms with Gasteiger partial charge in [-0.3, -0.25) is 4.79 Å². The second kappa shape index (κ2) is 4.43. The molecule has 1 aromatic carbocycles. The first-order chi connectivity index (χ1) is 7.56. The zero-order valence-electron chi connectivity index (χ0n) is 8.61. The molecule has 1 saturated carbocycles. The predicted octanol–water partition coefficient (Wildman–Crippen LogP) is 1.37. The molecule has 2 rings (SSSR count). The Morgan fingerprint density at radius 2 is 2.19 bits per heavy atom. The summed E-state index contributed by atoms with van der Waals surface area (Å²) in [6.07, 6.45) is 1.66. The van der Waals surface area contributed by atoms with Crippen molar-refractivity contribution >= 4 is 21.8 Å². The van der Waals surface area contributed by atoms with Gasteiger partial charge in [-0.15, -0.1) is 0 Å². The van der Waals surface area contributed by atoms with E-state index < -0.39 is 0 Å². The molecule has 1 aliphatic carbocycles. The first kappa shape index (κ1) is 11.4. The Labute approximate surface area is 102 Å². The Morgan fingerprint density at radius 1 is 1.50 bits per heavy atom. The molecule has 0 radical (unpaired) electrons. The van der Waals surface area contributed by atoms with Crippen LogP contribution in [0.2, 0.25) is 0 Å². The summed E-state index contributed by atoms with van der Waals surface area (Å²) in [6.45, 7) is 0. The van der Waals surface area contributed by atoms with Crippen LogP contribution in [0.1, 0.15) is 23.2 Å². The van der Waals surface area contributed by atoms with Gasteiger partial charge in [0.25, 0.3) is 5.91 Å². The number of carbonyl (C=O) groups is 1. The largest absolute Gasteiger partial charge is 0.507 e. The predicted molar refractivity (Wildman–Crippen MR) is 64.3 cm³/mol. The Hall–Kier alpha value is -1.07. The second-order valence-corrected chi connectivity index (χ2v) is 4.92. The van der Waals surface area contributed by atoms with E-state index in [2.05, 4.69) is 21.2 Å². The van der Waals surface area contributed by atoms with Crippen LogP contribution in [0.15, 0.2) is 22.7 Å². The number of nitrogens with two attached hydrogens (primary N) is 1. The first-order valence-corrected chi connectivity index (χ1v) is 5.90. The fourth-order valence-corrected chi connectivity index (χ4v) is 1.95. The van der Waals surface area contributed by atoms with Gasteiger partial charge in [-0.1, -0.05) is 0 Å². The monoisotopic (exact) mass is 284 g/mol. The lowest BCUT2D eigenvalue weighted by atomic mass is 9.87. The third-order valence-corrected chi connectivity index (χ3v) is 3.39. The number of aromatic hydroxyl groups is 1. The number of hydrogen-bond donors (Lipinski definition) is 3. The molecular weight excluding hydrogens is 272 g/mol. The first-order valence-electron chi connectivity index (χ1n) is 5.11. The fourth-order valence-electron chi connectivity index (χ4n) is 1.70. The topological polar surface area (TPSA) is 75.3 Å². The van der Waals surface area contributed by atoms with E-state index in [1.807, 2.05) is 0 Å². The molecule has 1 amide bonds. The SMILES string of the molecule is NC1CC(NC(=O)c2ccc(Br)c(O)c2)C1. The van der Waals surface area contributed by atoms with Crippen LogP contribution in [0.5, 0.6) is 5.75 Å². The highest BCUT2D eigenvalue weighted by atomic mass is 79.9. The minimum absolute atomic E-state index is 0.0676. The van der Waals surface area contributed by atoms with Crippen LogP contribution < -0.4 is 11.1 Å². The zero-order chi connectivity index (χ0) is 11.7. The van der Waals surface area contributed by atoms with Crippen molar-refractivity contribution < 1.29 is 9.90 Å². The summed E-state index contributed by atoms with van der Waals surface area (Å²) >= 11 is 3.16. The van der Waals surface area contributed by atoms with Gasteiger partial charge in [-0.25, -0.2) is 0 Å². The molecule has 4 nitrogen and oxygen atoms in total. The van der Waals surface area contributed by atoms with E-state index >= 15 is 0 Å². The summed E-state index contributed by atoms with van der Waals surface area (Å²) in [5.41, 5.74) is 6.09. The maximum Gasteiger partial charge on any atom is 0.251 e. The molecule has 0 bridgehead atoms. The van der Waals surface area contributed by atoms with Gasteiger partial charge < -0.3 is 16.2 Å². The average molecular weight is 285 g/mol. The molecular formula is C11H13BrN2O2. The summed E-state index contributed by atoms with van der Waals surface area (Å²) < 4.78 is 0.578. The van der Waals surface area contributed by atoms with Crippen LogP contribution in [0.3, 0.4) is 0 Å². The van der Waals surface area contributed by atoms with E-state index in [0.29, 0.717) is 10.0 Å². The summed E-state index contributed by atoms with van der Waals surface area (Å²) in [6, 6.07) is 5.14. The molecule has 1 aromatic rings. The van der Waals surface area contributed by atoms with Gasteiger partial charge in [-0.2, -0.15) is 0 Å². The van der Waals surface area contributed by atoms with Crippen LogP contribution >= 0.6 is 15.9 Å². The van der Waals surface area contributed by atoms with Crippen molar-refractivity contribution in [3.8, 4) is 5.75 Å². The number of hydrogen-bond acceptors (Lipinski definition) is 3. The highest BCUT2D eigenvalue weighted by Crippen LogP contribution is 2.25. The Kier molecular flexibility index (Phi) is 3.16. The van der Waals surface area contributed by atoms with Gasteiger partial charge in [0.2, 0.25) is 0 Å². The number of benzene rings is 1. The normalized spacial score (nSPS) is 23.6. The standard InChI is InChI=1S/C11H13BrN2O2/c12-9-2-1-6(3-10(9)15)11(16)14-8-4-7(13)5-8/h1-3,7-8,15H,4-5,13H2,(H,14,16). The highest BCUT2D eigenvalue weighted by Gasteiger charge is 2.27. The van der Waals surface area contributed by atoms with Crippen molar-refractivity contribution in [1.82, 2.24) is 5.32 Å². The fraction of sp³-hybridized carbons (Fsp3) is 0.364. The van der Waals surface area contributed by atoms with E-state index in [1.54, 1.807) is 12.1 Å². The third-order valence-electron chi connectivity index (χ3n) is 2.72. The Bertz CT molecular complexity index is 416. The van der Waals surface area contributed by atoms with Crippen LogP contribution in [0.25, 0.3) is 0 Å². The van der Waals surface area contributed by atoms with Gasteiger partial charge in [-0.05, 0) is 47.0 Å². The Morgan fingerprint density at radius 3 is 2.75 bits per heavy atom. The summed E-state index contributed by atoms with van der Waals surface area (Å²) in [7, 11) is 0. The van der Waals surface area contributed by atoms with Crippen LogP contribution in [-0.2, 0) is 0 Å². The molecule has 1 fully saturated rings. The van der Waals surface area contributed by atoms with Crippen molar-refractivity contribution in [3.05, 3.63) is 28.2 Å². The van der Waals surface area contributed by atoms with Crippen molar-refractivity contribution in [2.75, 3.05) is 0 Å². The molecule has 0 atom stereocenters. The van der Waals surface area contributed by atoms with Crippen molar-refractivity contribution in [2.45, 2.75) is 24.9 Å². The van der Waals surface area contributed by atoms with Crippen LogP contribution in [0.4, 0.5) is 0 Å². The van der Waals surface area contributed by atoms with Crippen LogP contribution in [0, 0.1) is 0 Å². The maximum absolute atomic E-state index is 11.7. The number of amides is 1. The smallest absolute Gasteiger partial charge is 0.251 e. The summed E-state index contributed by atoms with van der Waals surface area (Å²) in [4.78, 5) is 11.7. The van der Waals surface area contributed by atoms with Gasteiger partial charge in [0.05, 0.1) is 4.47 Å². The second-order valence-electron chi connectivity index (χ2n) is 4.07. The molecule has 0 saturated heterocycles. The zero-order valence-corrected chi connectivity index (χ0v) is 10.2. The van der Waals surface area contributed by atoms with E-state index in [0.717, 1.165) is 12.8 Å². The van der Waals surface area contributed by atoms with E-state index in [9.17, 15) is 9.90 Å². The van der Waals surface area contributed by atoms with Crippen molar-refractivity contribution in [2.24, 2.45) is 5.73 Å². The Balaban J connectivity index is 2.01. The molecule has 0 aliphatic heterocycles. The number of carbonyl (C=O) groups excluding carboxylic acids is 1. The average Bonchev–Trinajstić information content (AvgIpc) is 2.19. The lowest BCUT2D eigenvalue weighted by Crippen LogP contribution is -2.50. The van der Waals surface area contributed by atoms with Gasteiger partial charge in [0, 0.05) is 17.6 Å².